The van der Waals surface area contributed by atoms with Gasteiger partial charge in [0.25, 0.3) is 0 Å². The van der Waals surface area contributed by atoms with Crippen LogP contribution in [-0.2, 0) is 5.41 Å². The number of pyridine rings is 1. The molecule has 1 heteroatoms. The molecule has 1 nitrogen and oxygen atoms in total. The van der Waals surface area contributed by atoms with Crippen molar-refractivity contribution in [1.82, 2.24) is 4.98 Å². The Kier molecular flexibility index (Phi) is 7.59. The van der Waals surface area contributed by atoms with Crippen molar-refractivity contribution in [3.8, 4) is 67.0 Å². The van der Waals surface area contributed by atoms with Gasteiger partial charge in [0.1, 0.15) is 0 Å². The highest BCUT2D eigenvalue weighted by molar-refractivity contribution is 6.22. The number of aromatic nitrogens is 1. The predicted molar refractivity (Wildman–Crippen MR) is 241 cm³/mol. The van der Waals surface area contributed by atoms with Crippen molar-refractivity contribution in [2.75, 3.05) is 0 Å². The zero-order valence-corrected chi connectivity index (χ0v) is 32.0. The van der Waals surface area contributed by atoms with Crippen LogP contribution in [0, 0.1) is 0 Å². The third-order valence-corrected chi connectivity index (χ3v) is 12.2. The minimum absolute atomic E-state index is 0.0613. The molecule has 0 radical (unpaired) electrons. The molecule has 11 rings (SSSR count). The maximum Gasteiger partial charge on any atom is 0.0715 e. The first-order chi connectivity index (χ1) is 28.0. The molecule has 0 saturated heterocycles. The lowest BCUT2D eigenvalue weighted by Gasteiger charge is -2.22. The molecule has 1 aliphatic carbocycles. The van der Waals surface area contributed by atoms with Crippen LogP contribution in [0.3, 0.4) is 0 Å². The smallest absolute Gasteiger partial charge is 0.0715 e. The van der Waals surface area contributed by atoms with Crippen molar-refractivity contribution in [2.24, 2.45) is 0 Å². The zero-order chi connectivity index (χ0) is 38.1. The molecule has 0 amide bonds. The molecule has 0 N–H and O–H groups in total. The standard InChI is InChI=1S/C56H39N/c1-56(2)50-27-14-13-23-44(50)48-33-40(29-31-51(48)56)54-45-24-11-12-25-46(45)55(47-30-28-39(32-49(47)54)43-26-15-21-36-16-9-10-22-42(36)43)41-34-52(37-17-5-3-6-18-37)57-53(35-41)38-19-7-4-8-20-38/h3-35H,1-2H3. The van der Waals surface area contributed by atoms with E-state index in [1.54, 1.807) is 0 Å². The van der Waals surface area contributed by atoms with Crippen LogP contribution in [0.25, 0.3) is 99.3 Å². The van der Waals surface area contributed by atoms with Crippen molar-refractivity contribution >= 4 is 32.3 Å². The zero-order valence-electron chi connectivity index (χ0n) is 32.0. The number of fused-ring (bicyclic) bond motifs is 6. The van der Waals surface area contributed by atoms with Crippen molar-refractivity contribution in [3.05, 3.63) is 211 Å². The Bertz CT molecular complexity index is 3130. The molecule has 1 aliphatic rings. The fraction of sp³-hybridized carbons (Fsp3) is 0.0536. The van der Waals surface area contributed by atoms with Crippen LogP contribution in [0.1, 0.15) is 25.0 Å². The first-order valence-electron chi connectivity index (χ1n) is 19.9. The van der Waals surface area contributed by atoms with Gasteiger partial charge in [-0.2, -0.15) is 0 Å². The highest BCUT2D eigenvalue weighted by Gasteiger charge is 2.35. The third-order valence-electron chi connectivity index (χ3n) is 12.2. The lowest BCUT2D eigenvalue weighted by atomic mass is 9.81. The summed E-state index contributed by atoms with van der Waals surface area (Å²) < 4.78 is 0. The minimum Gasteiger partial charge on any atom is -0.248 e. The molecule has 9 aromatic carbocycles. The van der Waals surface area contributed by atoms with Crippen LogP contribution >= 0.6 is 0 Å². The molecule has 0 spiro atoms. The Balaban J connectivity index is 1.25. The van der Waals surface area contributed by atoms with Gasteiger partial charge in [-0.15, -0.1) is 0 Å². The topological polar surface area (TPSA) is 12.9 Å². The molecule has 0 bridgehead atoms. The van der Waals surface area contributed by atoms with Gasteiger partial charge in [-0.05, 0) is 112 Å². The molecule has 0 saturated carbocycles. The van der Waals surface area contributed by atoms with Crippen LogP contribution < -0.4 is 0 Å². The quantitative estimate of drug-likeness (QED) is 0.161. The van der Waals surface area contributed by atoms with E-state index in [2.05, 4.69) is 214 Å². The van der Waals surface area contributed by atoms with E-state index in [9.17, 15) is 0 Å². The summed E-state index contributed by atoms with van der Waals surface area (Å²) in [7, 11) is 0. The van der Waals surface area contributed by atoms with Gasteiger partial charge >= 0.3 is 0 Å². The number of nitrogens with zero attached hydrogens (tertiary/aromatic N) is 1. The van der Waals surface area contributed by atoms with Crippen molar-refractivity contribution in [1.29, 1.82) is 0 Å². The summed E-state index contributed by atoms with van der Waals surface area (Å²) in [6, 6.07) is 73.4. The summed E-state index contributed by atoms with van der Waals surface area (Å²) in [6.07, 6.45) is 0. The average molecular weight is 726 g/mol. The van der Waals surface area contributed by atoms with Crippen molar-refractivity contribution in [3.63, 3.8) is 0 Å². The van der Waals surface area contributed by atoms with Gasteiger partial charge in [-0.25, -0.2) is 4.98 Å². The molecule has 0 aliphatic heterocycles. The van der Waals surface area contributed by atoms with Crippen LogP contribution in [0.4, 0.5) is 0 Å². The molecule has 10 aromatic rings. The summed E-state index contributed by atoms with van der Waals surface area (Å²) in [5.41, 5.74) is 16.8. The Morgan fingerprint density at radius 2 is 0.842 bits per heavy atom. The van der Waals surface area contributed by atoms with Gasteiger partial charge in [-0.3, -0.25) is 0 Å². The first-order valence-corrected chi connectivity index (χ1v) is 19.9. The monoisotopic (exact) mass is 725 g/mol. The van der Waals surface area contributed by atoms with Crippen LogP contribution in [0.2, 0.25) is 0 Å². The predicted octanol–water partition coefficient (Wildman–Crippen LogP) is 15.2. The summed E-state index contributed by atoms with van der Waals surface area (Å²) in [6.45, 7) is 4.71. The second-order valence-electron chi connectivity index (χ2n) is 15.9. The maximum atomic E-state index is 5.27. The molecule has 0 atom stereocenters. The fourth-order valence-corrected chi connectivity index (χ4v) is 9.51. The van der Waals surface area contributed by atoms with E-state index in [1.165, 1.54) is 82.4 Å². The Hall–Kier alpha value is -7.09. The molecular formula is C56H39N. The fourth-order valence-electron chi connectivity index (χ4n) is 9.51. The summed E-state index contributed by atoms with van der Waals surface area (Å²) >= 11 is 0. The van der Waals surface area contributed by atoms with Crippen LogP contribution in [0.15, 0.2) is 200 Å². The highest BCUT2D eigenvalue weighted by Crippen LogP contribution is 2.52. The van der Waals surface area contributed by atoms with Crippen molar-refractivity contribution in [2.45, 2.75) is 19.3 Å². The lowest BCUT2D eigenvalue weighted by Crippen LogP contribution is -2.14. The van der Waals surface area contributed by atoms with Gasteiger partial charge in [0, 0.05) is 16.5 Å². The second kappa shape index (κ2) is 13.0. The van der Waals surface area contributed by atoms with Crippen molar-refractivity contribution < 1.29 is 0 Å². The van der Waals surface area contributed by atoms with Gasteiger partial charge < -0.3 is 0 Å². The van der Waals surface area contributed by atoms with Gasteiger partial charge in [0.05, 0.1) is 11.4 Å². The second-order valence-corrected chi connectivity index (χ2v) is 15.9. The molecule has 268 valence electrons. The number of benzene rings is 9. The Morgan fingerprint density at radius 1 is 0.316 bits per heavy atom. The van der Waals surface area contributed by atoms with E-state index in [0.717, 1.165) is 28.1 Å². The minimum atomic E-state index is -0.0613. The van der Waals surface area contributed by atoms with Gasteiger partial charge in [0.15, 0.2) is 0 Å². The molecule has 1 heterocycles. The largest absolute Gasteiger partial charge is 0.248 e. The molecule has 1 aromatic heterocycles. The molecule has 57 heavy (non-hydrogen) atoms. The van der Waals surface area contributed by atoms with Gasteiger partial charge in [-0.1, -0.05) is 190 Å². The van der Waals surface area contributed by atoms with Crippen LogP contribution in [0.5, 0.6) is 0 Å². The van der Waals surface area contributed by atoms with Crippen LogP contribution in [-0.4, -0.2) is 4.98 Å². The lowest BCUT2D eigenvalue weighted by molar-refractivity contribution is 0.660. The normalized spacial score (nSPS) is 12.9. The average Bonchev–Trinajstić information content (AvgIpc) is 3.50. The van der Waals surface area contributed by atoms with Gasteiger partial charge in [0.2, 0.25) is 0 Å². The van der Waals surface area contributed by atoms with E-state index < -0.39 is 0 Å². The SMILES string of the molecule is CC1(C)c2ccccc2-c2cc(-c3c4ccccc4c(-c4cc(-c5ccccc5)nc(-c5ccccc5)c4)c4ccc(-c5cccc6ccccc56)cc34)ccc21. The highest BCUT2D eigenvalue weighted by atomic mass is 14.7. The van der Waals surface area contributed by atoms with E-state index in [4.69, 9.17) is 4.98 Å². The Morgan fingerprint density at radius 3 is 1.56 bits per heavy atom. The first kappa shape index (κ1) is 33.3. The van der Waals surface area contributed by atoms with E-state index in [1.807, 2.05) is 0 Å². The van der Waals surface area contributed by atoms with E-state index in [-0.39, 0.29) is 5.41 Å². The maximum absolute atomic E-state index is 5.27. The molecular weight excluding hydrogens is 687 g/mol. The summed E-state index contributed by atoms with van der Waals surface area (Å²) in [5, 5.41) is 7.42. The summed E-state index contributed by atoms with van der Waals surface area (Å²) in [5.74, 6) is 0. The summed E-state index contributed by atoms with van der Waals surface area (Å²) in [4.78, 5) is 5.27. The number of hydrogen-bond donors (Lipinski definition) is 0. The van der Waals surface area contributed by atoms with E-state index in [0.29, 0.717) is 0 Å². The third kappa shape index (κ3) is 5.34. The Labute approximate surface area is 333 Å². The number of hydrogen-bond acceptors (Lipinski definition) is 1. The number of rotatable bonds is 5. The molecule has 0 unspecified atom stereocenters. The molecule has 0 fully saturated rings. The van der Waals surface area contributed by atoms with E-state index >= 15 is 0 Å².